The first-order chi connectivity index (χ1) is 14.7. The van der Waals surface area contributed by atoms with E-state index in [-0.39, 0.29) is 11.7 Å². The topological polar surface area (TPSA) is 38.3 Å². The molecule has 0 saturated carbocycles. The summed E-state index contributed by atoms with van der Waals surface area (Å²) in [6.45, 7) is 1.14. The number of benzene rings is 3. The van der Waals surface area contributed by atoms with E-state index in [2.05, 4.69) is 17.4 Å². The van der Waals surface area contributed by atoms with E-state index in [4.69, 9.17) is 4.74 Å². The van der Waals surface area contributed by atoms with Gasteiger partial charge in [0.2, 0.25) is 0 Å². The first-order valence-electron chi connectivity index (χ1n) is 9.72. The van der Waals surface area contributed by atoms with E-state index in [9.17, 15) is 9.18 Å². The number of amides is 1. The zero-order valence-corrected chi connectivity index (χ0v) is 18.2. The number of thioether (sulfide) groups is 2. The maximum Gasteiger partial charge on any atom is 0.251 e. The molecular formula is C24H24FNO2S2. The summed E-state index contributed by atoms with van der Waals surface area (Å²) in [5.74, 6) is 2.62. The van der Waals surface area contributed by atoms with Crippen LogP contribution in [0.5, 0.6) is 5.75 Å². The third kappa shape index (κ3) is 7.43. The van der Waals surface area contributed by atoms with Crippen LogP contribution in [0.1, 0.15) is 15.9 Å². The number of nitrogens with one attached hydrogen (secondary N) is 1. The standard InChI is InChI=1S/C24H24FNO2S2/c25-23-9-5-4-6-20(23)18-29-16-14-26-24(27)19-10-12-21(13-11-19)28-15-17-30-22-7-2-1-3-8-22/h1-13H,14-18H2,(H,26,27). The molecule has 0 heterocycles. The third-order valence-electron chi connectivity index (χ3n) is 4.23. The van der Waals surface area contributed by atoms with Crippen molar-refractivity contribution in [3.63, 3.8) is 0 Å². The smallest absolute Gasteiger partial charge is 0.251 e. The minimum absolute atomic E-state index is 0.118. The maximum atomic E-state index is 13.6. The van der Waals surface area contributed by atoms with Gasteiger partial charge in [-0.1, -0.05) is 36.4 Å². The lowest BCUT2D eigenvalue weighted by molar-refractivity contribution is 0.0956. The van der Waals surface area contributed by atoms with Gasteiger partial charge in [0.1, 0.15) is 11.6 Å². The lowest BCUT2D eigenvalue weighted by atomic mass is 10.2. The Morgan fingerprint density at radius 2 is 1.63 bits per heavy atom. The highest BCUT2D eigenvalue weighted by atomic mass is 32.2. The van der Waals surface area contributed by atoms with Crippen LogP contribution in [0.15, 0.2) is 83.8 Å². The molecule has 0 fully saturated rings. The molecule has 0 spiro atoms. The van der Waals surface area contributed by atoms with Gasteiger partial charge in [-0.15, -0.1) is 11.8 Å². The molecule has 3 aromatic rings. The molecule has 3 nitrogen and oxygen atoms in total. The van der Waals surface area contributed by atoms with Crippen LogP contribution in [0.25, 0.3) is 0 Å². The van der Waals surface area contributed by atoms with E-state index >= 15 is 0 Å². The van der Waals surface area contributed by atoms with Crippen LogP contribution >= 0.6 is 23.5 Å². The van der Waals surface area contributed by atoms with Gasteiger partial charge in [-0.05, 0) is 48.0 Å². The first-order valence-corrected chi connectivity index (χ1v) is 11.9. The molecule has 6 heteroatoms. The van der Waals surface area contributed by atoms with Gasteiger partial charge in [0.05, 0.1) is 6.61 Å². The molecule has 1 amide bonds. The van der Waals surface area contributed by atoms with Crippen molar-refractivity contribution in [1.29, 1.82) is 0 Å². The molecule has 3 aromatic carbocycles. The molecule has 0 aliphatic heterocycles. The molecule has 0 radical (unpaired) electrons. The number of carbonyl (C=O) groups excluding carboxylic acids is 1. The van der Waals surface area contributed by atoms with Crippen molar-refractivity contribution in [3.8, 4) is 5.75 Å². The number of hydrogen-bond donors (Lipinski definition) is 1. The molecule has 0 saturated heterocycles. The molecule has 3 rings (SSSR count). The van der Waals surface area contributed by atoms with Gasteiger partial charge >= 0.3 is 0 Å². The minimum atomic E-state index is -0.185. The lowest BCUT2D eigenvalue weighted by Crippen LogP contribution is -2.25. The minimum Gasteiger partial charge on any atom is -0.493 e. The number of ether oxygens (including phenoxy) is 1. The van der Waals surface area contributed by atoms with Gasteiger partial charge in [-0.2, -0.15) is 11.8 Å². The van der Waals surface area contributed by atoms with Crippen molar-refractivity contribution >= 4 is 29.4 Å². The fraction of sp³-hybridized carbons (Fsp3) is 0.208. The molecule has 0 atom stereocenters. The van der Waals surface area contributed by atoms with Crippen LogP contribution in [-0.2, 0) is 5.75 Å². The van der Waals surface area contributed by atoms with Gasteiger partial charge in [0, 0.05) is 34.3 Å². The van der Waals surface area contributed by atoms with Crippen LogP contribution in [0.3, 0.4) is 0 Å². The van der Waals surface area contributed by atoms with Crippen molar-refractivity contribution in [2.75, 3.05) is 24.7 Å². The first kappa shape index (κ1) is 22.2. The summed E-state index contributed by atoms with van der Waals surface area (Å²) < 4.78 is 19.3. The van der Waals surface area contributed by atoms with Crippen molar-refractivity contribution in [2.45, 2.75) is 10.6 Å². The average Bonchev–Trinajstić information content (AvgIpc) is 2.78. The monoisotopic (exact) mass is 441 g/mol. The highest BCUT2D eigenvalue weighted by molar-refractivity contribution is 7.99. The molecule has 30 heavy (non-hydrogen) atoms. The van der Waals surface area contributed by atoms with E-state index in [0.29, 0.717) is 30.0 Å². The second kappa shape index (κ2) is 12.3. The Labute approximate surface area is 185 Å². The van der Waals surface area contributed by atoms with Crippen molar-refractivity contribution in [3.05, 3.63) is 95.8 Å². The van der Waals surface area contributed by atoms with Gasteiger partial charge in [0.15, 0.2) is 0 Å². The SMILES string of the molecule is O=C(NCCSCc1ccccc1F)c1ccc(OCCSc2ccccc2)cc1. The Morgan fingerprint density at radius 3 is 2.40 bits per heavy atom. The number of rotatable bonds is 11. The Hall–Kier alpha value is -2.44. The number of carbonyl (C=O) groups is 1. The highest BCUT2D eigenvalue weighted by Gasteiger charge is 2.06. The van der Waals surface area contributed by atoms with Crippen molar-refractivity contribution in [2.24, 2.45) is 0 Å². The quantitative estimate of drug-likeness (QED) is 0.308. The van der Waals surface area contributed by atoms with Crippen LogP contribution in [-0.4, -0.2) is 30.6 Å². The lowest BCUT2D eigenvalue weighted by Gasteiger charge is -2.08. The summed E-state index contributed by atoms with van der Waals surface area (Å²) in [5, 5.41) is 2.89. The van der Waals surface area contributed by atoms with E-state index in [0.717, 1.165) is 17.3 Å². The third-order valence-corrected chi connectivity index (χ3v) is 6.21. The molecule has 0 aliphatic carbocycles. The largest absolute Gasteiger partial charge is 0.493 e. The van der Waals surface area contributed by atoms with Crippen LogP contribution < -0.4 is 10.1 Å². The summed E-state index contributed by atoms with van der Waals surface area (Å²) in [7, 11) is 0. The van der Waals surface area contributed by atoms with E-state index < -0.39 is 0 Å². The predicted molar refractivity (Wildman–Crippen MR) is 124 cm³/mol. The van der Waals surface area contributed by atoms with Crippen LogP contribution in [0.4, 0.5) is 4.39 Å². The molecule has 0 unspecified atom stereocenters. The summed E-state index contributed by atoms with van der Waals surface area (Å²) in [6, 6.07) is 24.1. The second-order valence-corrected chi connectivity index (χ2v) is 8.71. The Balaban J connectivity index is 1.32. The van der Waals surface area contributed by atoms with Crippen LogP contribution in [0.2, 0.25) is 0 Å². The fourth-order valence-electron chi connectivity index (χ4n) is 2.67. The Morgan fingerprint density at radius 1 is 0.900 bits per heavy atom. The van der Waals surface area contributed by atoms with Gasteiger partial charge in [-0.3, -0.25) is 4.79 Å². The van der Waals surface area contributed by atoms with E-state index in [1.807, 2.05) is 36.4 Å². The molecule has 0 aliphatic rings. The van der Waals surface area contributed by atoms with Gasteiger partial charge < -0.3 is 10.1 Å². The molecule has 156 valence electrons. The second-order valence-electron chi connectivity index (χ2n) is 6.43. The molecule has 0 bridgehead atoms. The molecule has 1 N–H and O–H groups in total. The van der Waals surface area contributed by atoms with Crippen molar-refractivity contribution < 1.29 is 13.9 Å². The Kier molecular flexibility index (Phi) is 9.12. The highest BCUT2D eigenvalue weighted by Crippen LogP contribution is 2.18. The zero-order chi connectivity index (χ0) is 21.0. The number of hydrogen-bond acceptors (Lipinski definition) is 4. The van der Waals surface area contributed by atoms with E-state index in [1.165, 1.54) is 11.0 Å². The Bertz CT molecular complexity index is 920. The zero-order valence-electron chi connectivity index (χ0n) is 16.6. The summed E-state index contributed by atoms with van der Waals surface area (Å²) in [5.41, 5.74) is 1.28. The normalized spacial score (nSPS) is 10.6. The van der Waals surface area contributed by atoms with Crippen LogP contribution in [0, 0.1) is 5.82 Å². The van der Waals surface area contributed by atoms with Crippen molar-refractivity contribution in [1.82, 2.24) is 5.32 Å². The van der Waals surface area contributed by atoms with Gasteiger partial charge in [0.25, 0.3) is 5.91 Å². The maximum absolute atomic E-state index is 13.6. The summed E-state index contributed by atoms with van der Waals surface area (Å²) >= 11 is 3.34. The fourth-order valence-corrected chi connectivity index (χ4v) is 4.27. The molecular weight excluding hydrogens is 417 g/mol. The average molecular weight is 442 g/mol. The summed E-state index contributed by atoms with van der Waals surface area (Å²) in [6.07, 6.45) is 0. The van der Waals surface area contributed by atoms with Gasteiger partial charge in [-0.25, -0.2) is 4.39 Å². The summed E-state index contributed by atoms with van der Waals surface area (Å²) in [4.78, 5) is 13.5. The predicted octanol–water partition coefficient (Wildman–Crippen LogP) is 5.66. The number of halogens is 1. The van der Waals surface area contributed by atoms with E-state index in [1.54, 1.807) is 47.8 Å². The molecule has 0 aromatic heterocycles.